The molecule has 0 radical (unpaired) electrons. The minimum Gasteiger partial charge on any atom is -0.458 e. The molecule has 3 aromatic heterocycles. The molecule has 0 aliphatic heterocycles. The molecule has 0 unspecified atom stereocenters. The van der Waals surface area contributed by atoms with Crippen molar-refractivity contribution in [1.29, 1.82) is 0 Å². The van der Waals surface area contributed by atoms with Crippen LogP contribution in [-0.4, -0.2) is 16.7 Å². The Kier molecular flexibility index (Phi) is 4.24. The van der Waals surface area contributed by atoms with Crippen LogP contribution in [0.4, 0.5) is 0 Å². The number of nitrogens with one attached hydrogen (secondary N) is 1. The van der Waals surface area contributed by atoms with Gasteiger partial charge in [-0.1, -0.05) is 0 Å². The smallest absolute Gasteiger partial charge is 0.287 e. The van der Waals surface area contributed by atoms with Crippen molar-refractivity contribution in [3.05, 3.63) is 50.9 Å². The molecule has 0 atom stereocenters. The Morgan fingerprint density at radius 2 is 2.12 bits per heavy atom. The summed E-state index contributed by atoms with van der Waals surface area (Å²) in [6.45, 7) is 3.94. The largest absolute Gasteiger partial charge is 0.458 e. The first-order valence-electron chi connectivity index (χ1n) is 8.48. The molecule has 3 aromatic rings. The van der Waals surface area contributed by atoms with Gasteiger partial charge in [0.2, 0.25) is 0 Å². The summed E-state index contributed by atoms with van der Waals surface area (Å²) in [7, 11) is 0. The van der Waals surface area contributed by atoms with Crippen molar-refractivity contribution in [2.75, 3.05) is 0 Å². The van der Waals surface area contributed by atoms with E-state index in [1.807, 2.05) is 24.4 Å². The fourth-order valence-electron chi connectivity index (χ4n) is 3.20. The van der Waals surface area contributed by atoms with E-state index >= 15 is 0 Å². The Morgan fingerprint density at radius 1 is 1.27 bits per heavy atom. The highest BCUT2D eigenvalue weighted by atomic mass is 32.1. The number of aryl methyl sites for hydroxylation is 2. The lowest BCUT2D eigenvalue weighted by Crippen LogP contribution is -2.22. The molecule has 3 heterocycles. The summed E-state index contributed by atoms with van der Waals surface area (Å²) in [5.74, 6) is 1.86. The van der Waals surface area contributed by atoms with Gasteiger partial charge in [0.15, 0.2) is 17.3 Å². The Morgan fingerprint density at radius 3 is 2.85 bits per heavy atom. The van der Waals surface area contributed by atoms with Crippen molar-refractivity contribution in [3.8, 4) is 11.5 Å². The van der Waals surface area contributed by atoms with E-state index in [1.54, 1.807) is 18.3 Å². The van der Waals surface area contributed by atoms with Crippen molar-refractivity contribution in [2.24, 2.45) is 0 Å². The monoisotopic (exact) mass is 370 g/mol. The lowest BCUT2D eigenvalue weighted by atomic mass is 9.94. The third-order valence-electron chi connectivity index (χ3n) is 4.47. The predicted molar refractivity (Wildman–Crippen MR) is 96.4 cm³/mol. The second kappa shape index (κ2) is 6.57. The number of aromatic nitrogens is 1. The van der Waals surface area contributed by atoms with Crippen LogP contribution in [-0.2, 0) is 13.0 Å². The lowest BCUT2D eigenvalue weighted by Gasteiger charge is -2.07. The SMILES string of the molecule is Cc1nc(-c2ccc(CNC(=O)c3oc4c(c3C)C(=O)CCC4)o2)cs1. The minimum atomic E-state index is -0.341. The number of amides is 1. The van der Waals surface area contributed by atoms with Gasteiger partial charge in [-0.3, -0.25) is 9.59 Å². The van der Waals surface area contributed by atoms with Crippen LogP contribution in [0.15, 0.2) is 26.3 Å². The molecule has 0 saturated heterocycles. The van der Waals surface area contributed by atoms with E-state index in [1.165, 1.54) is 0 Å². The molecule has 0 saturated carbocycles. The quantitative estimate of drug-likeness (QED) is 0.748. The zero-order valence-corrected chi connectivity index (χ0v) is 15.4. The van der Waals surface area contributed by atoms with Crippen LogP contribution in [0.1, 0.15) is 55.8 Å². The average Bonchev–Trinajstić information content (AvgIpc) is 3.32. The van der Waals surface area contributed by atoms with Crippen LogP contribution >= 0.6 is 11.3 Å². The van der Waals surface area contributed by atoms with Gasteiger partial charge in [0, 0.05) is 23.8 Å². The van der Waals surface area contributed by atoms with Crippen LogP contribution in [0, 0.1) is 13.8 Å². The van der Waals surface area contributed by atoms with Crippen LogP contribution in [0.5, 0.6) is 0 Å². The molecule has 134 valence electrons. The number of Topliss-reactive ketones (excluding diaryl/α,β-unsaturated/α-hetero) is 1. The average molecular weight is 370 g/mol. The molecule has 0 bridgehead atoms. The molecule has 1 aliphatic rings. The fraction of sp³-hybridized carbons (Fsp3) is 0.316. The van der Waals surface area contributed by atoms with Crippen molar-refractivity contribution in [2.45, 2.75) is 39.7 Å². The van der Waals surface area contributed by atoms with Gasteiger partial charge >= 0.3 is 0 Å². The van der Waals surface area contributed by atoms with E-state index in [4.69, 9.17) is 8.83 Å². The number of fused-ring (bicyclic) bond motifs is 1. The van der Waals surface area contributed by atoms with E-state index < -0.39 is 0 Å². The summed E-state index contributed by atoms with van der Waals surface area (Å²) in [5.41, 5.74) is 2.00. The van der Waals surface area contributed by atoms with Gasteiger partial charge in [-0.15, -0.1) is 11.3 Å². The number of ketones is 1. The molecule has 1 N–H and O–H groups in total. The summed E-state index contributed by atoms with van der Waals surface area (Å²) in [5, 5.41) is 5.70. The third-order valence-corrected chi connectivity index (χ3v) is 5.24. The summed E-state index contributed by atoms with van der Waals surface area (Å²) in [6, 6.07) is 3.65. The molecule has 1 amide bonds. The Balaban J connectivity index is 1.46. The van der Waals surface area contributed by atoms with Crippen LogP contribution < -0.4 is 5.32 Å². The number of nitrogens with zero attached hydrogens (tertiary/aromatic N) is 1. The predicted octanol–water partition coefficient (Wildman–Crippen LogP) is 4.06. The van der Waals surface area contributed by atoms with Crippen LogP contribution in [0.25, 0.3) is 11.5 Å². The zero-order valence-electron chi connectivity index (χ0n) is 14.5. The first-order chi connectivity index (χ1) is 12.5. The maximum absolute atomic E-state index is 12.5. The number of carbonyl (C=O) groups excluding carboxylic acids is 2. The maximum Gasteiger partial charge on any atom is 0.287 e. The summed E-state index contributed by atoms with van der Waals surface area (Å²) in [6.07, 6.45) is 1.98. The second-order valence-electron chi connectivity index (χ2n) is 6.33. The molecule has 4 rings (SSSR count). The number of carbonyl (C=O) groups is 2. The van der Waals surface area contributed by atoms with E-state index in [0.717, 1.165) is 17.1 Å². The van der Waals surface area contributed by atoms with E-state index in [9.17, 15) is 9.59 Å². The molecular weight excluding hydrogens is 352 g/mol. The topological polar surface area (TPSA) is 85.3 Å². The highest BCUT2D eigenvalue weighted by Crippen LogP contribution is 2.29. The number of furan rings is 2. The van der Waals surface area contributed by atoms with Crippen LogP contribution in [0.2, 0.25) is 0 Å². The second-order valence-corrected chi connectivity index (χ2v) is 7.39. The lowest BCUT2D eigenvalue weighted by molar-refractivity contribution is 0.0914. The highest BCUT2D eigenvalue weighted by molar-refractivity contribution is 7.09. The number of thiazole rings is 1. The number of rotatable bonds is 4. The van der Waals surface area contributed by atoms with Gasteiger partial charge in [0.1, 0.15) is 17.2 Å². The van der Waals surface area contributed by atoms with Crippen molar-refractivity contribution in [1.82, 2.24) is 10.3 Å². The normalized spacial score (nSPS) is 13.7. The Labute approximate surface area is 154 Å². The van der Waals surface area contributed by atoms with Gasteiger partial charge in [-0.25, -0.2) is 4.98 Å². The fourth-order valence-corrected chi connectivity index (χ4v) is 3.80. The van der Waals surface area contributed by atoms with E-state index in [-0.39, 0.29) is 24.0 Å². The van der Waals surface area contributed by atoms with Gasteiger partial charge in [0.05, 0.1) is 17.1 Å². The summed E-state index contributed by atoms with van der Waals surface area (Å²) < 4.78 is 11.4. The molecular formula is C19H18N2O4S. The summed E-state index contributed by atoms with van der Waals surface area (Å²) in [4.78, 5) is 28.9. The first kappa shape index (κ1) is 16.8. The molecule has 0 spiro atoms. The number of hydrogen-bond acceptors (Lipinski definition) is 6. The molecule has 6 nitrogen and oxygen atoms in total. The molecule has 7 heteroatoms. The van der Waals surface area contributed by atoms with Gasteiger partial charge < -0.3 is 14.2 Å². The molecule has 0 aromatic carbocycles. The van der Waals surface area contributed by atoms with Gasteiger partial charge in [-0.05, 0) is 32.4 Å². The molecule has 0 fully saturated rings. The van der Waals surface area contributed by atoms with E-state index in [2.05, 4.69) is 10.3 Å². The first-order valence-corrected chi connectivity index (χ1v) is 9.36. The summed E-state index contributed by atoms with van der Waals surface area (Å²) >= 11 is 1.56. The van der Waals surface area contributed by atoms with Crippen molar-refractivity contribution < 1.29 is 18.4 Å². The van der Waals surface area contributed by atoms with Crippen molar-refractivity contribution >= 4 is 23.0 Å². The molecule has 1 aliphatic carbocycles. The Bertz CT molecular complexity index is 995. The highest BCUT2D eigenvalue weighted by Gasteiger charge is 2.28. The maximum atomic E-state index is 12.5. The zero-order chi connectivity index (χ0) is 18.3. The standard InChI is InChI=1S/C19H18N2O4S/c1-10-17-14(22)4-3-5-16(17)25-18(10)19(23)20-8-12-6-7-15(24-12)13-9-26-11(2)21-13/h6-7,9H,3-5,8H2,1-2H3,(H,20,23). The van der Waals surface area contributed by atoms with Crippen LogP contribution in [0.3, 0.4) is 0 Å². The van der Waals surface area contributed by atoms with Gasteiger partial charge in [0.25, 0.3) is 5.91 Å². The van der Waals surface area contributed by atoms with E-state index in [0.29, 0.717) is 41.2 Å². The third kappa shape index (κ3) is 2.99. The minimum absolute atomic E-state index is 0.0563. The Hall–Kier alpha value is -2.67. The number of hydrogen-bond donors (Lipinski definition) is 1. The molecule has 26 heavy (non-hydrogen) atoms. The van der Waals surface area contributed by atoms with Crippen molar-refractivity contribution in [3.63, 3.8) is 0 Å². The van der Waals surface area contributed by atoms with Gasteiger partial charge in [-0.2, -0.15) is 0 Å².